The number of hydrogen-bond acceptors (Lipinski definition) is 4. The van der Waals surface area contributed by atoms with Crippen molar-refractivity contribution in [2.45, 2.75) is 6.92 Å². The van der Waals surface area contributed by atoms with E-state index < -0.39 is 0 Å². The minimum absolute atomic E-state index is 0.498. The van der Waals surface area contributed by atoms with Crippen LogP contribution in [0.2, 0.25) is 4.34 Å². The van der Waals surface area contributed by atoms with Crippen molar-refractivity contribution in [2.75, 3.05) is 5.73 Å². The van der Waals surface area contributed by atoms with E-state index in [0.29, 0.717) is 16.0 Å². The molecule has 0 amide bonds. The van der Waals surface area contributed by atoms with E-state index in [9.17, 15) is 0 Å². The molecule has 2 N–H and O–H groups in total. The van der Waals surface area contributed by atoms with Gasteiger partial charge in [0.05, 0.1) is 14.9 Å². The zero-order chi connectivity index (χ0) is 14.1. The fraction of sp³-hybridized carbons (Fsp3) is 0.0667. The number of nitrogens with two attached hydrogens (primary N) is 1. The van der Waals surface area contributed by atoms with Crippen molar-refractivity contribution in [2.24, 2.45) is 0 Å². The lowest BCUT2D eigenvalue weighted by Crippen LogP contribution is -2.01. The summed E-state index contributed by atoms with van der Waals surface area (Å²) in [5, 5.41) is 0. The number of aromatic nitrogens is 2. The molecule has 0 bridgehead atoms. The molecule has 0 radical (unpaired) electrons. The monoisotopic (exact) mass is 301 g/mol. The Hall–Kier alpha value is -1.91. The molecule has 3 aromatic rings. The Bertz CT molecular complexity index is 753. The molecule has 0 aliphatic heterocycles. The minimum Gasteiger partial charge on any atom is -0.383 e. The van der Waals surface area contributed by atoms with E-state index in [0.717, 1.165) is 21.7 Å². The topological polar surface area (TPSA) is 51.8 Å². The highest BCUT2D eigenvalue weighted by Crippen LogP contribution is 2.32. The molecule has 0 spiro atoms. The van der Waals surface area contributed by atoms with Crippen LogP contribution in [0.5, 0.6) is 0 Å². The Labute approximate surface area is 126 Å². The first-order chi connectivity index (χ1) is 9.65. The molecule has 0 atom stereocenters. The van der Waals surface area contributed by atoms with E-state index in [-0.39, 0.29) is 0 Å². The minimum atomic E-state index is 0.498. The number of nitrogens with zero attached hydrogens (tertiary/aromatic N) is 2. The van der Waals surface area contributed by atoms with Gasteiger partial charge >= 0.3 is 0 Å². The van der Waals surface area contributed by atoms with Crippen molar-refractivity contribution in [3.63, 3.8) is 0 Å². The maximum atomic E-state index is 6.02. The number of benzene rings is 1. The summed E-state index contributed by atoms with van der Waals surface area (Å²) in [6.07, 6.45) is 0. The van der Waals surface area contributed by atoms with Crippen LogP contribution in [0, 0.1) is 6.92 Å². The third-order valence-electron chi connectivity index (χ3n) is 3.02. The van der Waals surface area contributed by atoms with E-state index in [1.54, 1.807) is 0 Å². The maximum absolute atomic E-state index is 6.02. The predicted molar refractivity (Wildman–Crippen MR) is 84.9 cm³/mol. The smallest absolute Gasteiger partial charge is 0.172 e. The fourth-order valence-corrected chi connectivity index (χ4v) is 2.93. The van der Waals surface area contributed by atoms with Gasteiger partial charge in [0.15, 0.2) is 5.82 Å². The zero-order valence-electron chi connectivity index (χ0n) is 10.8. The molecule has 0 saturated carbocycles. The summed E-state index contributed by atoms with van der Waals surface area (Å²) in [5.41, 5.74) is 8.80. The molecule has 3 rings (SSSR count). The average Bonchev–Trinajstić information content (AvgIpc) is 2.89. The van der Waals surface area contributed by atoms with Gasteiger partial charge in [0, 0.05) is 11.1 Å². The summed E-state index contributed by atoms with van der Waals surface area (Å²) in [6, 6.07) is 13.7. The Kier molecular flexibility index (Phi) is 3.42. The van der Waals surface area contributed by atoms with E-state index in [1.165, 1.54) is 11.3 Å². The summed E-state index contributed by atoms with van der Waals surface area (Å²) in [6.45, 7) is 1.93. The number of thiophene rings is 1. The van der Waals surface area contributed by atoms with Crippen LogP contribution in [0.4, 0.5) is 5.82 Å². The molecule has 2 heterocycles. The summed E-state index contributed by atoms with van der Waals surface area (Å²) in [7, 11) is 0. The van der Waals surface area contributed by atoms with Gasteiger partial charge in [-0.1, -0.05) is 41.9 Å². The molecule has 100 valence electrons. The normalized spacial score (nSPS) is 10.7. The third kappa shape index (κ3) is 2.40. The van der Waals surface area contributed by atoms with Crippen LogP contribution >= 0.6 is 22.9 Å². The van der Waals surface area contributed by atoms with Gasteiger partial charge < -0.3 is 5.73 Å². The summed E-state index contributed by atoms with van der Waals surface area (Å²) >= 11 is 7.41. The molecule has 0 saturated heterocycles. The fourth-order valence-electron chi connectivity index (χ4n) is 1.96. The molecular formula is C15H12ClN3S. The standard InChI is InChI=1S/C15H12ClN3S/c1-9-13(10-5-3-2-4-6-10)18-15(19-14(9)17)11-7-8-12(16)20-11/h2-8H,1H3,(H2,17,18,19). The van der Waals surface area contributed by atoms with Crippen LogP contribution in [0.1, 0.15) is 5.56 Å². The molecule has 2 aromatic heterocycles. The molecular weight excluding hydrogens is 290 g/mol. The number of anilines is 1. The Morgan fingerprint density at radius 3 is 2.45 bits per heavy atom. The summed E-state index contributed by atoms with van der Waals surface area (Å²) < 4.78 is 0.712. The largest absolute Gasteiger partial charge is 0.383 e. The Morgan fingerprint density at radius 1 is 1.05 bits per heavy atom. The number of nitrogen functional groups attached to an aromatic ring is 1. The second-order valence-electron chi connectivity index (χ2n) is 4.38. The molecule has 20 heavy (non-hydrogen) atoms. The molecule has 0 aliphatic carbocycles. The number of halogens is 1. The van der Waals surface area contributed by atoms with E-state index in [4.69, 9.17) is 17.3 Å². The first kappa shape index (κ1) is 13.1. The van der Waals surface area contributed by atoms with Crippen LogP contribution in [-0.4, -0.2) is 9.97 Å². The van der Waals surface area contributed by atoms with Crippen LogP contribution < -0.4 is 5.73 Å². The number of hydrogen-bond donors (Lipinski definition) is 1. The third-order valence-corrected chi connectivity index (χ3v) is 4.25. The summed E-state index contributed by atoms with van der Waals surface area (Å²) in [5.74, 6) is 1.11. The molecule has 0 fully saturated rings. The van der Waals surface area contributed by atoms with Crippen LogP contribution in [0.25, 0.3) is 22.0 Å². The lowest BCUT2D eigenvalue weighted by Gasteiger charge is -2.09. The molecule has 0 unspecified atom stereocenters. The van der Waals surface area contributed by atoms with Gasteiger partial charge in [-0.05, 0) is 19.1 Å². The second-order valence-corrected chi connectivity index (χ2v) is 6.09. The van der Waals surface area contributed by atoms with Gasteiger partial charge in [-0.3, -0.25) is 0 Å². The molecule has 5 heteroatoms. The highest BCUT2D eigenvalue weighted by molar-refractivity contribution is 7.19. The predicted octanol–water partition coefficient (Wildman–Crippen LogP) is 4.42. The van der Waals surface area contributed by atoms with Gasteiger partial charge in [0.1, 0.15) is 5.82 Å². The van der Waals surface area contributed by atoms with E-state index in [2.05, 4.69) is 9.97 Å². The molecule has 1 aromatic carbocycles. The van der Waals surface area contributed by atoms with Crippen molar-refractivity contribution >= 4 is 28.8 Å². The molecule has 3 nitrogen and oxygen atoms in total. The van der Waals surface area contributed by atoms with Crippen LogP contribution in [-0.2, 0) is 0 Å². The first-order valence-electron chi connectivity index (χ1n) is 6.10. The second kappa shape index (κ2) is 5.23. The first-order valence-corrected chi connectivity index (χ1v) is 7.30. The van der Waals surface area contributed by atoms with Crippen molar-refractivity contribution in [1.29, 1.82) is 0 Å². The zero-order valence-corrected chi connectivity index (χ0v) is 12.4. The van der Waals surface area contributed by atoms with Crippen molar-refractivity contribution in [1.82, 2.24) is 9.97 Å². The van der Waals surface area contributed by atoms with Gasteiger partial charge in [0.2, 0.25) is 0 Å². The van der Waals surface area contributed by atoms with Crippen LogP contribution in [0.3, 0.4) is 0 Å². The van der Waals surface area contributed by atoms with E-state index in [1.807, 2.05) is 49.4 Å². The lowest BCUT2D eigenvalue weighted by atomic mass is 10.1. The van der Waals surface area contributed by atoms with Gasteiger partial charge in [0.25, 0.3) is 0 Å². The van der Waals surface area contributed by atoms with E-state index >= 15 is 0 Å². The number of rotatable bonds is 2. The lowest BCUT2D eigenvalue weighted by molar-refractivity contribution is 1.16. The highest BCUT2D eigenvalue weighted by atomic mass is 35.5. The van der Waals surface area contributed by atoms with Gasteiger partial charge in [-0.2, -0.15) is 0 Å². The Balaban J connectivity index is 2.18. The van der Waals surface area contributed by atoms with Crippen molar-refractivity contribution < 1.29 is 0 Å². The SMILES string of the molecule is Cc1c(N)nc(-c2ccc(Cl)s2)nc1-c1ccccc1. The maximum Gasteiger partial charge on any atom is 0.172 e. The van der Waals surface area contributed by atoms with Crippen molar-refractivity contribution in [3.8, 4) is 22.0 Å². The molecule has 0 aliphatic rings. The van der Waals surface area contributed by atoms with Crippen molar-refractivity contribution in [3.05, 3.63) is 52.4 Å². The highest BCUT2D eigenvalue weighted by Gasteiger charge is 2.13. The quantitative estimate of drug-likeness (QED) is 0.762. The average molecular weight is 302 g/mol. The summed E-state index contributed by atoms with van der Waals surface area (Å²) in [4.78, 5) is 9.92. The van der Waals surface area contributed by atoms with Crippen LogP contribution in [0.15, 0.2) is 42.5 Å². The van der Waals surface area contributed by atoms with Gasteiger partial charge in [-0.15, -0.1) is 11.3 Å². The van der Waals surface area contributed by atoms with Gasteiger partial charge in [-0.25, -0.2) is 9.97 Å². The Morgan fingerprint density at radius 2 is 1.80 bits per heavy atom.